The average Bonchev–Trinajstić information content (AvgIpc) is 2.41. The first-order valence-corrected chi connectivity index (χ1v) is 6.63. The highest BCUT2D eigenvalue weighted by atomic mass is 35.5. The predicted molar refractivity (Wildman–Crippen MR) is 76.1 cm³/mol. The quantitative estimate of drug-likeness (QED) is 0.838. The average molecular weight is 297 g/mol. The first kappa shape index (κ1) is 16.1. The summed E-state index contributed by atoms with van der Waals surface area (Å²) < 4.78 is 10.7. The van der Waals surface area contributed by atoms with E-state index in [1.165, 1.54) is 0 Å². The number of rotatable bonds is 7. The molecule has 0 aliphatic heterocycles. The van der Waals surface area contributed by atoms with Crippen LogP contribution in [-0.2, 0) is 11.2 Å². The number of nitrogens with zero attached hydrogens (tertiary/aromatic N) is 1. The topological polar surface area (TPSA) is 71.3 Å². The lowest BCUT2D eigenvalue weighted by Gasteiger charge is -2.13. The number of nitriles is 1. The molecule has 1 aromatic rings. The monoisotopic (exact) mass is 296 g/mol. The van der Waals surface area contributed by atoms with Crippen LogP contribution in [0.5, 0.6) is 11.5 Å². The van der Waals surface area contributed by atoms with Gasteiger partial charge in [0.25, 0.3) is 0 Å². The normalized spacial score (nSPS) is 9.70. The molecule has 0 saturated carbocycles. The summed E-state index contributed by atoms with van der Waals surface area (Å²) in [6.07, 6.45) is 0.465. The van der Waals surface area contributed by atoms with Crippen molar-refractivity contribution in [3.8, 4) is 17.6 Å². The Bertz CT molecular complexity index is 512. The van der Waals surface area contributed by atoms with Crippen LogP contribution in [0.4, 0.5) is 0 Å². The maximum absolute atomic E-state index is 11.2. The Balaban J connectivity index is 2.70. The van der Waals surface area contributed by atoms with Crippen LogP contribution in [0.3, 0.4) is 0 Å². The van der Waals surface area contributed by atoms with Crippen LogP contribution in [0.25, 0.3) is 0 Å². The zero-order valence-corrected chi connectivity index (χ0v) is 12.3. The van der Waals surface area contributed by atoms with Crippen LogP contribution in [0.1, 0.15) is 18.9 Å². The molecule has 20 heavy (non-hydrogen) atoms. The van der Waals surface area contributed by atoms with Gasteiger partial charge in [-0.25, -0.2) is 0 Å². The zero-order chi connectivity index (χ0) is 15.0. The predicted octanol–water partition coefficient (Wildman–Crippen LogP) is 2.32. The Kier molecular flexibility index (Phi) is 6.68. The highest BCUT2D eigenvalue weighted by molar-refractivity contribution is 6.32. The highest BCUT2D eigenvalue weighted by Crippen LogP contribution is 2.36. The number of amides is 1. The van der Waals surface area contributed by atoms with Crippen molar-refractivity contribution in [1.82, 2.24) is 5.32 Å². The molecule has 108 valence electrons. The van der Waals surface area contributed by atoms with Gasteiger partial charge in [-0.05, 0) is 31.0 Å². The second-order valence-corrected chi connectivity index (χ2v) is 4.38. The van der Waals surface area contributed by atoms with Gasteiger partial charge >= 0.3 is 0 Å². The van der Waals surface area contributed by atoms with Crippen molar-refractivity contribution >= 4 is 17.5 Å². The van der Waals surface area contributed by atoms with Crippen molar-refractivity contribution in [2.45, 2.75) is 19.8 Å². The summed E-state index contributed by atoms with van der Waals surface area (Å²) in [4.78, 5) is 11.2. The molecule has 1 rings (SSSR count). The summed E-state index contributed by atoms with van der Waals surface area (Å²) in [6, 6.07) is 5.41. The lowest BCUT2D eigenvalue weighted by atomic mass is 10.1. The molecule has 0 bridgehead atoms. The van der Waals surface area contributed by atoms with Gasteiger partial charge in [-0.2, -0.15) is 5.26 Å². The highest BCUT2D eigenvalue weighted by Gasteiger charge is 2.11. The fourth-order valence-electron chi connectivity index (χ4n) is 1.68. The summed E-state index contributed by atoms with van der Waals surface area (Å²) in [5.74, 6) is 0.808. The minimum absolute atomic E-state index is 0.132. The molecule has 0 atom stereocenters. The summed E-state index contributed by atoms with van der Waals surface area (Å²) in [5.41, 5.74) is 0.924. The van der Waals surface area contributed by atoms with Crippen molar-refractivity contribution < 1.29 is 14.3 Å². The molecule has 0 aliphatic rings. The van der Waals surface area contributed by atoms with Crippen molar-refractivity contribution in [3.63, 3.8) is 0 Å². The van der Waals surface area contributed by atoms with Crippen LogP contribution in [0, 0.1) is 11.3 Å². The van der Waals surface area contributed by atoms with E-state index in [9.17, 15) is 4.79 Å². The van der Waals surface area contributed by atoms with Gasteiger partial charge in [0.15, 0.2) is 11.5 Å². The standard InChI is InChI=1S/C14H17ClN2O3/c1-3-20-14-11(15)8-10(9-12(14)19-2)5-7-17-13(18)4-6-16/h8-9H,3-5,7H2,1-2H3,(H,17,18). The zero-order valence-electron chi connectivity index (χ0n) is 11.5. The third-order valence-corrected chi connectivity index (χ3v) is 2.83. The number of ether oxygens (including phenoxy) is 2. The number of hydrogen-bond donors (Lipinski definition) is 1. The van der Waals surface area contributed by atoms with E-state index in [1.54, 1.807) is 19.2 Å². The van der Waals surface area contributed by atoms with Gasteiger partial charge in [0.05, 0.1) is 24.8 Å². The fourth-order valence-corrected chi connectivity index (χ4v) is 1.97. The smallest absolute Gasteiger partial charge is 0.234 e. The molecular formula is C14H17ClN2O3. The van der Waals surface area contributed by atoms with E-state index >= 15 is 0 Å². The molecule has 0 fully saturated rings. The fraction of sp³-hybridized carbons (Fsp3) is 0.429. The molecule has 0 unspecified atom stereocenters. The number of methoxy groups -OCH3 is 1. The van der Waals surface area contributed by atoms with Gasteiger partial charge in [-0.15, -0.1) is 0 Å². The molecule has 1 aromatic carbocycles. The Morgan fingerprint density at radius 2 is 2.25 bits per heavy atom. The molecule has 5 nitrogen and oxygen atoms in total. The maximum Gasteiger partial charge on any atom is 0.234 e. The minimum atomic E-state index is -0.281. The largest absolute Gasteiger partial charge is 0.493 e. The minimum Gasteiger partial charge on any atom is -0.493 e. The lowest BCUT2D eigenvalue weighted by Crippen LogP contribution is -2.24. The first-order chi connectivity index (χ1) is 9.62. The van der Waals surface area contributed by atoms with Gasteiger partial charge in [-0.1, -0.05) is 11.6 Å². The van der Waals surface area contributed by atoms with Gasteiger partial charge in [-0.3, -0.25) is 4.79 Å². The van der Waals surface area contributed by atoms with Crippen LogP contribution in [-0.4, -0.2) is 26.2 Å². The summed E-state index contributed by atoms with van der Waals surface area (Å²) in [7, 11) is 1.55. The third kappa shape index (κ3) is 4.63. The van der Waals surface area contributed by atoms with Gasteiger partial charge in [0.1, 0.15) is 6.42 Å². The molecule has 0 heterocycles. The molecule has 1 N–H and O–H groups in total. The van der Waals surface area contributed by atoms with E-state index in [4.69, 9.17) is 26.3 Å². The Labute approximate surface area is 123 Å². The second-order valence-electron chi connectivity index (χ2n) is 3.98. The molecule has 0 spiro atoms. The van der Waals surface area contributed by atoms with E-state index in [0.29, 0.717) is 36.1 Å². The summed E-state index contributed by atoms with van der Waals surface area (Å²) in [5, 5.41) is 11.5. The van der Waals surface area contributed by atoms with Crippen molar-refractivity contribution in [2.75, 3.05) is 20.3 Å². The van der Waals surface area contributed by atoms with Crippen LogP contribution < -0.4 is 14.8 Å². The summed E-state index contributed by atoms with van der Waals surface area (Å²) in [6.45, 7) is 2.81. The molecule has 6 heteroatoms. The lowest BCUT2D eigenvalue weighted by molar-refractivity contribution is -0.120. The number of hydrogen-bond acceptors (Lipinski definition) is 4. The van der Waals surface area contributed by atoms with Crippen LogP contribution in [0.2, 0.25) is 5.02 Å². The summed E-state index contributed by atoms with van der Waals surface area (Å²) >= 11 is 6.15. The van der Waals surface area contributed by atoms with E-state index in [2.05, 4.69) is 5.32 Å². The van der Waals surface area contributed by atoms with Gasteiger partial charge < -0.3 is 14.8 Å². The van der Waals surface area contributed by atoms with Crippen LogP contribution >= 0.6 is 11.6 Å². The molecule has 0 radical (unpaired) electrons. The molecule has 0 saturated heterocycles. The molecular weight excluding hydrogens is 280 g/mol. The van der Waals surface area contributed by atoms with E-state index in [-0.39, 0.29) is 12.3 Å². The number of carbonyl (C=O) groups excluding carboxylic acids is 1. The maximum atomic E-state index is 11.2. The Morgan fingerprint density at radius 3 is 2.85 bits per heavy atom. The van der Waals surface area contributed by atoms with E-state index < -0.39 is 0 Å². The molecule has 0 aliphatic carbocycles. The number of carbonyl (C=O) groups is 1. The third-order valence-electron chi connectivity index (χ3n) is 2.55. The SMILES string of the molecule is CCOc1c(Cl)cc(CCNC(=O)CC#N)cc1OC. The molecule has 0 aromatic heterocycles. The van der Waals surface area contributed by atoms with Crippen molar-refractivity contribution in [1.29, 1.82) is 5.26 Å². The van der Waals surface area contributed by atoms with E-state index in [0.717, 1.165) is 5.56 Å². The molecule has 1 amide bonds. The Morgan fingerprint density at radius 1 is 1.50 bits per heavy atom. The number of halogens is 1. The van der Waals surface area contributed by atoms with E-state index in [1.807, 2.05) is 13.0 Å². The Hall–Kier alpha value is -1.93. The second kappa shape index (κ2) is 8.28. The van der Waals surface area contributed by atoms with Gasteiger partial charge in [0, 0.05) is 6.54 Å². The van der Waals surface area contributed by atoms with Crippen molar-refractivity contribution in [2.24, 2.45) is 0 Å². The van der Waals surface area contributed by atoms with Crippen molar-refractivity contribution in [3.05, 3.63) is 22.7 Å². The number of nitrogens with one attached hydrogen (secondary N) is 1. The van der Waals surface area contributed by atoms with Crippen LogP contribution in [0.15, 0.2) is 12.1 Å². The number of benzene rings is 1. The first-order valence-electron chi connectivity index (χ1n) is 6.25. The van der Waals surface area contributed by atoms with Gasteiger partial charge in [0.2, 0.25) is 5.91 Å².